The molecule has 2 aromatic carbocycles. The minimum atomic E-state index is -0.274. The maximum Gasteiger partial charge on any atom is 0.178 e. The van der Waals surface area contributed by atoms with Crippen LogP contribution in [0, 0.1) is 17.5 Å². The highest BCUT2D eigenvalue weighted by atomic mass is 32.1. The van der Waals surface area contributed by atoms with Crippen molar-refractivity contribution in [2.24, 2.45) is 0 Å². The van der Waals surface area contributed by atoms with Gasteiger partial charge in [0.05, 0.1) is 11.6 Å². The SMILES string of the molecule is Cc1ccccc1C(C)n1c(=S)[nH]c2c(F)cccc21. The maximum absolute atomic E-state index is 13.8. The van der Waals surface area contributed by atoms with Crippen molar-refractivity contribution < 1.29 is 4.39 Å². The first-order valence-electron chi connectivity index (χ1n) is 6.54. The van der Waals surface area contributed by atoms with Crippen LogP contribution in [-0.2, 0) is 0 Å². The van der Waals surface area contributed by atoms with E-state index in [9.17, 15) is 4.39 Å². The average Bonchev–Trinajstić information content (AvgIpc) is 2.76. The minimum Gasteiger partial charge on any atom is -0.328 e. The van der Waals surface area contributed by atoms with Crippen molar-refractivity contribution in [1.82, 2.24) is 9.55 Å². The highest BCUT2D eigenvalue weighted by Gasteiger charge is 2.15. The van der Waals surface area contributed by atoms with E-state index in [1.165, 1.54) is 17.2 Å². The van der Waals surface area contributed by atoms with Crippen molar-refractivity contribution in [3.8, 4) is 0 Å². The smallest absolute Gasteiger partial charge is 0.178 e. The summed E-state index contributed by atoms with van der Waals surface area (Å²) in [6, 6.07) is 13.3. The van der Waals surface area contributed by atoms with Crippen LogP contribution in [0.25, 0.3) is 11.0 Å². The number of benzene rings is 2. The predicted octanol–water partition coefficient (Wildman–Crippen LogP) is 4.76. The summed E-state index contributed by atoms with van der Waals surface area (Å²) < 4.78 is 16.3. The number of hydrogen-bond donors (Lipinski definition) is 1. The van der Waals surface area contributed by atoms with Gasteiger partial charge < -0.3 is 9.55 Å². The van der Waals surface area contributed by atoms with Gasteiger partial charge >= 0.3 is 0 Å². The predicted molar refractivity (Wildman–Crippen MR) is 82.1 cm³/mol. The number of aromatic amines is 1. The number of fused-ring (bicyclic) bond motifs is 1. The molecular weight excluding hydrogens is 271 g/mol. The number of aryl methyl sites for hydroxylation is 1. The van der Waals surface area contributed by atoms with E-state index >= 15 is 0 Å². The van der Waals surface area contributed by atoms with Crippen molar-refractivity contribution in [2.45, 2.75) is 19.9 Å². The van der Waals surface area contributed by atoms with Gasteiger partial charge in [-0.3, -0.25) is 0 Å². The second-order valence-electron chi connectivity index (χ2n) is 4.97. The molecule has 0 aliphatic carbocycles. The molecule has 1 atom stereocenters. The molecule has 2 nitrogen and oxygen atoms in total. The lowest BCUT2D eigenvalue weighted by molar-refractivity contribution is 0.636. The highest BCUT2D eigenvalue weighted by molar-refractivity contribution is 7.71. The van der Waals surface area contributed by atoms with E-state index in [1.807, 2.05) is 22.8 Å². The summed E-state index contributed by atoms with van der Waals surface area (Å²) in [5.74, 6) is -0.274. The Bertz CT molecular complexity index is 832. The van der Waals surface area contributed by atoms with Crippen molar-refractivity contribution in [3.63, 3.8) is 0 Å². The molecule has 0 bridgehead atoms. The molecule has 1 heterocycles. The Morgan fingerprint density at radius 1 is 1.15 bits per heavy atom. The van der Waals surface area contributed by atoms with E-state index in [4.69, 9.17) is 12.2 Å². The molecule has 0 aliphatic rings. The molecule has 1 N–H and O–H groups in total. The number of para-hydroxylation sites is 1. The maximum atomic E-state index is 13.8. The van der Waals surface area contributed by atoms with Gasteiger partial charge in [-0.05, 0) is 49.3 Å². The van der Waals surface area contributed by atoms with E-state index in [0.29, 0.717) is 10.3 Å². The average molecular weight is 286 g/mol. The quantitative estimate of drug-likeness (QED) is 0.674. The van der Waals surface area contributed by atoms with Gasteiger partial charge in [0.2, 0.25) is 0 Å². The summed E-state index contributed by atoms with van der Waals surface area (Å²) in [4.78, 5) is 2.97. The molecular formula is C16H15FN2S. The van der Waals surface area contributed by atoms with Crippen LogP contribution >= 0.6 is 12.2 Å². The molecule has 3 rings (SSSR count). The number of nitrogens with zero attached hydrogens (tertiary/aromatic N) is 1. The van der Waals surface area contributed by atoms with Crippen molar-refractivity contribution in [3.05, 3.63) is 64.2 Å². The van der Waals surface area contributed by atoms with Crippen LogP contribution in [0.15, 0.2) is 42.5 Å². The van der Waals surface area contributed by atoms with Crippen LogP contribution in [-0.4, -0.2) is 9.55 Å². The zero-order valence-electron chi connectivity index (χ0n) is 11.4. The molecule has 20 heavy (non-hydrogen) atoms. The number of H-pyrrole nitrogens is 1. The van der Waals surface area contributed by atoms with Gasteiger partial charge in [0, 0.05) is 0 Å². The second kappa shape index (κ2) is 4.87. The van der Waals surface area contributed by atoms with E-state index in [-0.39, 0.29) is 11.9 Å². The van der Waals surface area contributed by atoms with E-state index in [0.717, 1.165) is 5.52 Å². The zero-order chi connectivity index (χ0) is 14.3. The summed E-state index contributed by atoms with van der Waals surface area (Å²) in [6.45, 7) is 4.15. The van der Waals surface area contributed by atoms with Gasteiger partial charge in [-0.2, -0.15) is 0 Å². The number of aromatic nitrogens is 2. The topological polar surface area (TPSA) is 20.7 Å². The lowest BCUT2D eigenvalue weighted by atomic mass is 10.0. The largest absolute Gasteiger partial charge is 0.328 e. The van der Waals surface area contributed by atoms with Crippen LogP contribution in [0.5, 0.6) is 0 Å². The number of rotatable bonds is 2. The van der Waals surface area contributed by atoms with E-state index in [2.05, 4.69) is 31.0 Å². The molecule has 0 aliphatic heterocycles. The molecule has 0 radical (unpaired) electrons. The molecule has 1 unspecified atom stereocenters. The third kappa shape index (κ3) is 1.96. The van der Waals surface area contributed by atoms with Gasteiger partial charge in [-0.15, -0.1) is 0 Å². The number of imidazole rings is 1. The molecule has 0 fully saturated rings. The van der Waals surface area contributed by atoms with Crippen LogP contribution in [0.1, 0.15) is 24.1 Å². The standard InChI is InChI=1S/C16H15FN2S/c1-10-6-3-4-7-12(10)11(2)19-14-9-5-8-13(17)15(14)18-16(19)20/h3-9,11H,1-2H3,(H,18,20). The van der Waals surface area contributed by atoms with E-state index < -0.39 is 0 Å². The van der Waals surface area contributed by atoms with Crippen LogP contribution in [0.3, 0.4) is 0 Å². The summed E-state index contributed by atoms with van der Waals surface area (Å²) in [5.41, 5.74) is 3.66. The summed E-state index contributed by atoms with van der Waals surface area (Å²) in [5, 5.41) is 0. The van der Waals surface area contributed by atoms with Crippen LogP contribution in [0.4, 0.5) is 4.39 Å². The Labute approximate surface area is 121 Å². The first kappa shape index (κ1) is 13.1. The number of nitrogens with one attached hydrogen (secondary N) is 1. The third-order valence-corrected chi connectivity index (χ3v) is 4.03. The van der Waals surface area contributed by atoms with Gasteiger partial charge in [-0.25, -0.2) is 4.39 Å². The van der Waals surface area contributed by atoms with Crippen LogP contribution in [0.2, 0.25) is 0 Å². The summed E-state index contributed by atoms with van der Waals surface area (Å²) in [7, 11) is 0. The molecule has 3 aromatic rings. The first-order chi connectivity index (χ1) is 9.59. The molecule has 102 valence electrons. The fourth-order valence-corrected chi connectivity index (χ4v) is 3.05. The summed E-state index contributed by atoms with van der Waals surface area (Å²) in [6.07, 6.45) is 0. The van der Waals surface area contributed by atoms with Crippen molar-refractivity contribution >= 4 is 23.3 Å². The third-order valence-electron chi connectivity index (χ3n) is 3.73. The number of hydrogen-bond acceptors (Lipinski definition) is 1. The summed E-state index contributed by atoms with van der Waals surface area (Å²) >= 11 is 5.37. The molecule has 0 amide bonds. The molecule has 0 saturated heterocycles. The Morgan fingerprint density at radius 3 is 2.65 bits per heavy atom. The normalized spacial score (nSPS) is 12.8. The fraction of sp³-hybridized carbons (Fsp3) is 0.188. The van der Waals surface area contributed by atoms with Gasteiger partial charge in [0.25, 0.3) is 0 Å². The molecule has 0 spiro atoms. The lowest BCUT2D eigenvalue weighted by Crippen LogP contribution is -2.08. The first-order valence-corrected chi connectivity index (χ1v) is 6.94. The minimum absolute atomic E-state index is 0.0549. The molecule has 0 saturated carbocycles. The van der Waals surface area contributed by atoms with Gasteiger partial charge in [0.15, 0.2) is 4.77 Å². The Kier molecular flexibility index (Phi) is 3.18. The molecule has 1 aromatic heterocycles. The van der Waals surface area contributed by atoms with Crippen molar-refractivity contribution in [1.29, 1.82) is 0 Å². The highest BCUT2D eigenvalue weighted by Crippen LogP contribution is 2.27. The molecule has 4 heteroatoms. The van der Waals surface area contributed by atoms with Crippen molar-refractivity contribution in [2.75, 3.05) is 0 Å². The Hall–Kier alpha value is -1.94. The number of halogens is 1. The van der Waals surface area contributed by atoms with Gasteiger partial charge in [-0.1, -0.05) is 30.3 Å². The monoisotopic (exact) mass is 286 g/mol. The Morgan fingerprint density at radius 2 is 1.90 bits per heavy atom. The Balaban J connectivity index is 2.25. The van der Waals surface area contributed by atoms with Crippen LogP contribution < -0.4 is 0 Å². The fourth-order valence-electron chi connectivity index (χ4n) is 2.69. The second-order valence-corrected chi connectivity index (χ2v) is 5.35. The van der Waals surface area contributed by atoms with Gasteiger partial charge in [0.1, 0.15) is 11.3 Å². The van der Waals surface area contributed by atoms with E-state index in [1.54, 1.807) is 6.07 Å². The lowest BCUT2D eigenvalue weighted by Gasteiger charge is -2.17. The zero-order valence-corrected chi connectivity index (χ0v) is 12.2.